The molecule has 0 saturated heterocycles. The van der Waals surface area contributed by atoms with E-state index in [1.807, 2.05) is 20.9 Å². The first-order valence-electron chi connectivity index (χ1n) is 7.20. The minimum atomic E-state index is 0.389. The Kier molecular flexibility index (Phi) is 3.52. The van der Waals surface area contributed by atoms with Gasteiger partial charge in [0.1, 0.15) is 0 Å². The molecule has 0 amide bonds. The molecule has 0 atom stereocenters. The largest absolute Gasteiger partial charge is 0.388 e. The van der Waals surface area contributed by atoms with Gasteiger partial charge in [0.05, 0.1) is 0 Å². The van der Waals surface area contributed by atoms with E-state index in [-0.39, 0.29) is 0 Å². The number of hydrogen-bond donors (Lipinski definition) is 1. The summed E-state index contributed by atoms with van der Waals surface area (Å²) in [5.41, 5.74) is 7.71. The lowest BCUT2D eigenvalue weighted by Crippen LogP contribution is -2.33. The number of benzene rings is 1. The molecule has 0 bridgehead atoms. The van der Waals surface area contributed by atoms with Gasteiger partial charge < -0.3 is 5.32 Å². The first-order chi connectivity index (χ1) is 8.69. The summed E-state index contributed by atoms with van der Waals surface area (Å²) in [6.07, 6.45) is 4.04. The zero-order valence-electron chi connectivity index (χ0n) is 12.4. The van der Waals surface area contributed by atoms with Crippen LogP contribution in [-0.2, 0) is 5.41 Å². The first kappa shape index (κ1) is 13.2. The second-order valence-electron chi connectivity index (χ2n) is 5.23. The fourth-order valence-corrected chi connectivity index (χ4v) is 3.41. The van der Waals surface area contributed by atoms with Gasteiger partial charge in [0.15, 0.2) is 0 Å². The van der Waals surface area contributed by atoms with Crippen molar-refractivity contribution < 1.29 is 0 Å². The Morgan fingerprint density at radius 2 is 1.78 bits per heavy atom. The lowest BCUT2D eigenvalue weighted by molar-refractivity contribution is 0.300. The van der Waals surface area contributed by atoms with Gasteiger partial charge in [-0.1, -0.05) is 44.0 Å². The third-order valence-corrected chi connectivity index (χ3v) is 4.51. The molecule has 2 aliphatic carbocycles. The van der Waals surface area contributed by atoms with Crippen LogP contribution in [0.5, 0.6) is 0 Å². The maximum absolute atomic E-state index is 3.39. The van der Waals surface area contributed by atoms with Crippen molar-refractivity contribution in [2.75, 3.05) is 7.05 Å². The smallest absolute Gasteiger partial charge is 0.0412 e. The number of hydrogen-bond acceptors (Lipinski definition) is 1. The highest BCUT2D eigenvalue weighted by Crippen LogP contribution is 2.56. The topological polar surface area (TPSA) is 12.0 Å². The number of rotatable bonds is 1. The van der Waals surface area contributed by atoms with Crippen LogP contribution in [0.2, 0.25) is 0 Å². The molecule has 1 spiro atoms. The van der Waals surface area contributed by atoms with Gasteiger partial charge in [0.25, 0.3) is 0 Å². The van der Waals surface area contributed by atoms with E-state index in [9.17, 15) is 0 Å². The van der Waals surface area contributed by atoms with Crippen molar-refractivity contribution in [2.24, 2.45) is 0 Å². The summed E-state index contributed by atoms with van der Waals surface area (Å²) in [5.74, 6) is 0. The average Bonchev–Trinajstić information content (AvgIpc) is 2.58. The number of fused-ring (bicyclic) bond motifs is 2. The summed E-state index contributed by atoms with van der Waals surface area (Å²) < 4.78 is 0. The van der Waals surface area contributed by atoms with E-state index < -0.39 is 0 Å². The lowest BCUT2D eigenvalue weighted by atomic mass is 9.62. The number of allylic oxidation sites excluding steroid dienone is 1. The predicted octanol–water partition coefficient (Wildman–Crippen LogP) is 4.41. The monoisotopic (exact) mass is 243 g/mol. The Morgan fingerprint density at radius 3 is 2.28 bits per heavy atom. The summed E-state index contributed by atoms with van der Waals surface area (Å²) in [6.45, 7) is 8.50. The Labute approximate surface area is 111 Å². The molecule has 3 rings (SSSR count). The Hall–Kier alpha value is -1.24. The average molecular weight is 243 g/mol. The molecule has 0 aliphatic heterocycles. The van der Waals surface area contributed by atoms with Crippen LogP contribution in [0.15, 0.2) is 23.8 Å². The molecule has 18 heavy (non-hydrogen) atoms. The van der Waals surface area contributed by atoms with E-state index in [0.29, 0.717) is 5.41 Å². The molecule has 1 aromatic carbocycles. The van der Waals surface area contributed by atoms with Gasteiger partial charge in [-0.05, 0) is 37.8 Å². The molecule has 1 heteroatoms. The van der Waals surface area contributed by atoms with Crippen molar-refractivity contribution in [3.05, 3.63) is 40.5 Å². The molecular weight excluding hydrogens is 218 g/mol. The molecule has 1 saturated carbocycles. The van der Waals surface area contributed by atoms with Gasteiger partial charge in [0, 0.05) is 23.7 Å². The van der Waals surface area contributed by atoms with Crippen LogP contribution in [-0.4, -0.2) is 7.05 Å². The highest BCUT2D eigenvalue weighted by Gasteiger charge is 2.46. The van der Waals surface area contributed by atoms with Gasteiger partial charge in [-0.15, -0.1) is 0 Å². The summed E-state index contributed by atoms with van der Waals surface area (Å²) in [4.78, 5) is 0. The van der Waals surface area contributed by atoms with Gasteiger partial charge in [-0.25, -0.2) is 0 Å². The van der Waals surface area contributed by atoms with Gasteiger partial charge in [-0.2, -0.15) is 0 Å². The van der Waals surface area contributed by atoms with Crippen molar-refractivity contribution in [2.45, 2.75) is 52.4 Å². The minimum Gasteiger partial charge on any atom is -0.388 e. The quantitative estimate of drug-likeness (QED) is 0.770. The number of nitrogens with one attached hydrogen (secondary N) is 1. The molecule has 1 aromatic rings. The van der Waals surface area contributed by atoms with E-state index in [0.717, 1.165) is 0 Å². The Morgan fingerprint density at radius 1 is 1.11 bits per heavy atom. The molecule has 0 radical (unpaired) electrons. The van der Waals surface area contributed by atoms with E-state index in [1.165, 1.54) is 36.1 Å². The first-order valence-corrected chi connectivity index (χ1v) is 7.20. The van der Waals surface area contributed by atoms with Crippen LogP contribution < -0.4 is 5.32 Å². The van der Waals surface area contributed by atoms with E-state index in [2.05, 4.69) is 37.4 Å². The third kappa shape index (κ3) is 1.60. The van der Waals surface area contributed by atoms with Crippen LogP contribution in [0.25, 0.3) is 5.70 Å². The summed E-state index contributed by atoms with van der Waals surface area (Å²) in [5, 5.41) is 3.39. The molecule has 2 aliphatic rings. The van der Waals surface area contributed by atoms with Gasteiger partial charge in [0.2, 0.25) is 0 Å². The van der Waals surface area contributed by atoms with Crippen molar-refractivity contribution in [1.29, 1.82) is 0 Å². The number of aryl methyl sites for hydroxylation is 1. The van der Waals surface area contributed by atoms with Crippen LogP contribution in [0, 0.1) is 6.92 Å². The summed E-state index contributed by atoms with van der Waals surface area (Å²) >= 11 is 0. The fraction of sp³-hybridized carbons (Fsp3) is 0.529. The molecule has 98 valence electrons. The van der Waals surface area contributed by atoms with E-state index >= 15 is 0 Å². The van der Waals surface area contributed by atoms with Gasteiger partial charge in [-0.3, -0.25) is 0 Å². The Bertz CT molecular complexity index is 478. The minimum absolute atomic E-state index is 0.389. The maximum atomic E-state index is 3.39. The SMILES string of the molecule is CC.CNC1=C(C)C2(CCC2)c2cc(C)ccc21. The third-order valence-electron chi connectivity index (χ3n) is 4.51. The highest BCUT2D eigenvalue weighted by molar-refractivity contribution is 5.79. The standard InChI is InChI=1S/C15H19N.C2H6/c1-10-5-6-12-13(9-10)15(7-4-8-15)11(2)14(12)16-3;1-2/h5-6,9,16H,4,7-8H2,1-3H3;1-2H3. The summed E-state index contributed by atoms with van der Waals surface area (Å²) in [7, 11) is 2.04. The molecule has 0 unspecified atom stereocenters. The van der Waals surface area contributed by atoms with Crippen LogP contribution in [0.1, 0.15) is 56.7 Å². The molecular formula is C17H25N. The van der Waals surface area contributed by atoms with Crippen molar-refractivity contribution >= 4 is 5.70 Å². The molecule has 0 heterocycles. The molecule has 0 aromatic heterocycles. The van der Waals surface area contributed by atoms with Crippen molar-refractivity contribution in [1.82, 2.24) is 5.32 Å². The second kappa shape index (κ2) is 4.79. The molecule has 1 nitrogen and oxygen atoms in total. The zero-order valence-corrected chi connectivity index (χ0v) is 12.4. The Balaban J connectivity index is 0.000000574. The van der Waals surface area contributed by atoms with Crippen LogP contribution in [0.4, 0.5) is 0 Å². The van der Waals surface area contributed by atoms with Crippen LogP contribution in [0.3, 0.4) is 0 Å². The predicted molar refractivity (Wildman–Crippen MR) is 79.7 cm³/mol. The summed E-state index contributed by atoms with van der Waals surface area (Å²) in [6, 6.07) is 6.90. The zero-order chi connectivity index (χ0) is 13.3. The van der Waals surface area contributed by atoms with Crippen molar-refractivity contribution in [3.63, 3.8) is 0 Å². The van der Waals surface area contributed by atoms with E-state index in [4.69, 9.17) is 0 Å². The highest BCUT2D eigenvalue weighted by atomic mass is 14.9. The van der Waals surface area contributed by atoms with Crippen LogP contribution >= 0.6 is 0 Å². The van der Waals surface area contributed by atoms with Crippen molar-refractivity contribution in [3.8, 4) is 0 Å². The second-order valence-corrected chi connectivity index (χ2v) is 5.23. The molecule has 1 fully saturated rings. The molecule has 1 N–H and O–H groups in total. The fourth-order valence-electron chi connectivity index (χ4n) is 3.41. The van der Waals surface area contributed by atoms with Gasteiger partial charge >= 0.3 is 0 Å². The normalized spacial score (nSPS) is 18.9. The van der Waals surface area contributed by atoms with E-state index in [1.54, 1.807) is 11.1 Å². The maximum Gasteiger partial charge on any atom is 0.0412 e. The lowest BCUT2D eigenvalue weighted by Gasteiger charge is -2.41.